The fourth-order valence-corrected chi connectivity index (χ4v) is 1.90. The summed E-state index contributed by atoms with van der Waals surface area (Å²) in [5.74, 6) is -0.197. The van der Waals surface area contributed by atoms with E-state index in [0.717, 1.165) is 17.7 Å². The molecule has 3 N–H and O–H groups in total. The number of nitrogens with two attached hydrogens (primary N) is 1. The van der Waals surface area contributed by atoms with E-state index in [1.165, 1.54) is 0 Å². The Balaban J connectivity index is 2.12. The molecule has 0 bridgehead atoms. The van der Waals surface area contributed by atoms with Gasteiger partial charge in [0.2, 0.25) is 0 Å². The maximum absolute atomic E-state index is 12.2. The molecule has 0 saturated carbocycles. The van der Waals surface area contributed by atoms with Crippen LogP contribution < -0.4 is 5.73 Å². The summed E-state index contributed by atoms with van der Waals surface area (Å²) in [4.78, 5) is 13.8. The van der Waals surface area contributed by atoms with Gasteiger partial charge >= 0.3 is 0 Å². The summed E-state index contributed by atoms with van der Waals surface area (Å²) in [6.45, 7) is 2.43. The van der Waals surface area contributed by atoms with Gasteiger partial charge in [0, 0.05) is 32.4 Å². The number of hydrogen-bond donors (Lipinski definition) is 2. The maximum Gasteiger partial charge on any atom is 0.276 e. The Bertz CT molecular complexity index is 585. The zero-order valence-corrected chi connectivity index (χ0v) is 11.3. The van der Waals surface area contributed by atoms with Gasteiger partial charge in [-0.2, -0.15) is 10.2 Å². The summed E-state index contributed by atoms with van der Waals surface area (Å²) in [5.41, 5.74) is 8.36. The van der Waals surface area contributed by atoms with Crippen molar-refractivity contribution in [1.82, 2.24) is 24.9 Å². The van der Waals surface area contributed by atoms with Crippen LogP contribution in [-0.2, 0) is 20.0 Å². The first-order chi connectivity index (χ1) is 9.02. The summed E-state index contributed by atoms with van der Waals surface area (Å²) in [6, 6.07) is 0. The largest absolute Gasteiger partial charge is 0.395 e. The van der Waals surface area contributed by atoms with Crippen LogP contribution in [0.1, 0.15) is 28.7 Å². The van der Waals surface area contributed by atoms with Crippen molar-refractivity contribution in [2.45, 2.75) is 19.9 Å². The molecular weight excluding hydrogens is 244 g/mol. The van der Waals surface area contributed by atoms with Gasteiger partial charge in [0.15, 0.2) is 5.69 Å². The highest BCUT2D eigenvalue weighted by Gasteiger charge is 2.20. The molecule has 0 aliphatic carbocycles. The number of aromatic nitrogens is 4. The van der Waals surface area contributed by atoms with Gasteiger partial charge in [-0.3, -0.25) is 14.6 Å². The van der Waals surface area contributed by atoms with E-state index in [1.807, 2.05) is 20.2 Å². The number of aryl methyl sites for hydroxylation is 2. The maximum atomic E-state index is 12.2. The lowest BCUT2D eigenvalue weighted by molar-refractivity contribution is 0.0780. The van der Waals surface area contributed by atoms with Crippen molar-refractivity contribution in [3.05, 3.63) is 29.3 Å². The Labute approximate surface area is 111 Å². The second-order valence-corrected chi connectivity index (χ2v) is 4.50. The zero-order valence-electron chi connectivity index (χ0n) is 11.3. The molecule has 102 valence electrons. The molecule has 7 nitrogen and oxygen atoms in total. The molecule has 0 aliphatic rings. The summed E-state index contributed by atoms with van der Waals surface area (Å²) < 4.78 is 1.70. The lowest BCUT2D eigenvalue weighted by Crippen LogP contribution is -2.27. The fraction of sp³-hybridized carbons (Fsp3) is 0.417. The van der Waals surface area contributed by atoms with Crippen LogP contribution in [-0.4, -0.2) is 37.8 Å². The van der Waals surface area contributed by atoms with E-state index in [1.54, 1.807) is 22.8 Å². The first kappa shape index (κ1) is 13.1. The van der Waals surface area contributed by atoms with Crippen molar-refractivity contribution in [2.24, 2.45) is 7.05 Å². The minimum atomic E-state index is -0.197. The zero-order chi connectivity index (χ0) is 14.0. The number of nitrogen functional groups attached to an aromatic ring is 1. The normalized spacial score (nSPS) is 10.7. The molecule has 2 aromatic rings. The van der Waals surface area contributed by atoms with Gasteiger partial charge in [0.05, 0.1) is 17.6 Å². The van der Waals surface area contributed by atoms with Crippen molar-refractivity contribution in [3.63, 3.8) is 0 Å². The smallest absolute Gasteiger partial charge is 0.276 e. The van der Waals surface area contributed by atoms with Crippen LogP contribution in [0.3, 0.4) is 0 Å². The predicted molar refractivity (Wildman–Crippen MR) is 71.4 cm³/mol. The number of hydrogen-bond acceptors (Lipinski definition) is 4. The molecule has 0 aromatic carbocycles. The fourth-order valence-electron chi connectivity index (χ4n) is 1.90. The highest BCUT2D eigenvalue weighted by molar-refractivity contribution is 5.97. The third kappa shape index (κ3) is 2.59. The van der Waals surface area contributed by atoms with Crippen LogP contribution in [0.25, 0.3) is 0 Å². The van der Waals surface area contributed by atoms with E-state index in [-0.39, 0.29) is 11.6 Å². The average Bonchev–Trinajstić information content (AvgIpc) is 2.94. The number of rotatable bonds is 4. The first-order valence-corrected chi connectivity index (χ1v) is 6.08. The molecule has 2 rings (SSSR count). The third-order valence-corrected chi connectivity index (χ3v) is 2.96. The van der Waals surface area contributed by atoms with Crippen LogP contribution >= 0.6 is 0 Å². The molecular formula is C12H18N6O. The number of nitrogens with one attached hydrogen (secondary N) is 1. The van der Waals surface area contributed by atoms with E-state index in [2.05, 4.69) is 15.3 Å². The minimum absolute atomic E-state index is 0.197. The number of carbonyl (C=O) groups is 1. The molecule has 0 fully saturated rings. The van der Waals surface area contributed by atoms with Gasteiger partial charge in [-0.25, -0.2) is 0 Å². The van der Waals surface area contributed by atoms with E-state index in [4.69, 9.17) is 5.73 Å². The molecule has 1 amide bonds. The van der Waals surface area contributed by atoms with E-state index >= 15 is 0 Å². The Kier molecular flexibility index (Phi) is 3.55. The van der Waals surface area contributed by atoms with Gasteiger partial charge < -0.3 is 10.6 Å². The van der Waals surface area contributed by atoms with E-state index in [9.17, 15) is 4.79 Å². The van der Waals surface area contributed by atoms with Crippen molar-refractivity contribution in [1.29, 1.82) is 0 Å². The summed E-state index contributed by atoms with van der Waals surface area (Å²) >= 11 is 0. The van der Waals surface area contributed by atoms with Gasteiger partial charge in [0.1, 0.15) is 0 Å². The minimum Gasteiger partial charge on any atom is -0.395 e. The highest BCUT2D eigenvalue weighted by atomic mass is 16.2. The van der Waals surface area contributed by atoms with Gasteiger partial charge in [-0.15, -0.1) is 0 Å². The average molecular weight is 262 g/mol. The number of H-pyrrole nitrogens is 1. The quantitative estimate of drug-likeness (QED) is 0.842. The molecule has 19 heavy (non-hydrogen) atoms. The van der Waals surface area contributed by atoms with Crippen molar-refractivity contribution >= 4 is 11.6 Å². The van der Waals surface area contributed by atoms with Gasteiger partial charge in [-0.1, -0.05) is 6.92 Å². The van der Waals surface area contributed by atoms with Gasteiger partial charge in [-0.05, 0) is 6.42 Å². The highest BCUT2D eigenvalue weighted by Crippen LogP contribution is 2.16. The SMILES string of the molecule is CCc1[nH]nc(C(=O)N(C)Cc2cnn(C)c2)c1N. The second kappa shape index (κ2) is 5.13. The molecule has 0 spiro atoms. The summed E-state index contributed by atoms with van der Waals surface area (Å²) in [6.07, 6.45) is 4.32. The van der Waals surface area contributed by atoms with Crippen LogP contribution in [0, 0.1) is 0 Å². The molecule has 2 aromatic heterocycles. The molecule has 7 heteroatoms. The van der Waals surface area contributed by atoms with Crippen LogP contribution in [0.15, 0.2) is 12.4 Å². The number of carbonyl (C=O) groups excluding carboxylic acids is 1. The number of nitrogens with zero attached hydrogens (tertiary/aromatic N) is 4. The number of aromatic amines is 1. The number of anilines is 1. The third-order valence-electron chi connectivity index (χ3n) is 2.96. The standard InChI is InChI=1S/C12H18N6O/c1-4-9-10(13)11(16-15-9)12(19)17(2)6-8-5-14-18(3)7-8/h5,7H,4,6,13H2,1-3H3,(H,15,16). The van der Waals surface area contributed by atoms with Crippen LogP contribution in [0.2, 0.25) is 0 Å². The molecule has 0 unspecified atom stereocenters. The second-order valence-electron chi connectivity index (χ2n) is 4.50. The lowest BCUT2D eigenvalue weighted by Gasteiger charge is -2.15. The summed E-state index contributed by atoms with van der Waals surface area (Å²) in [7, 11) is 3.56. The Hall–Kier alpha value is -2.31. The molecule has 2 heterocycles. The predicted octanol–water partition coefficient (Wildman–Crippen LogP) is 0.560. The Morgan fingerprint density at radius 1 is 1.58 bits per heavy atom. The lowest BCUT2D eigenvalue weighted by atomic mass is 10.2. The topological polar surface area (TPSA) is 92.8 Å². The Morgan fingerprint density at radius 2 is 2.32 bits per heavy atom. The van der Waals surface area contributed by atoms with Crippen LogP contribution in [0.5, 0.6) is 0 Å². The first-order valence-electron chi connectivity index (χ1n) is 6.08. The van der Waals surface area contributed by atoms with Crippen LogP contribution in [0.4, 0.5) is 5.69 Å². The van der Waals surface area contributed by atoms with E-state index in [0.29, 0.717) is 12.2 Å². The van der Waals surface area contributed by atoms with E-state index < -0.39 is 0 Å². The molecule has 0 aliphatic heterocycles. The van der Waals surface area contributed by atoms with Gasteiger partial charge in [0.25, 0.3) is 5.91 Å². The molecule has 0 atom stereocenters. The summed E-state index contributed by atoms with van der Waals surface area (Å²) in [5, 5.41) is 10.8. The molecule has 0 radical (unpaired) electrons. The Morgan fingerprint density at radius 3 is 2.84 bits per heavy atom. The molecule has 0 saturated heterocycles. The van der Waals surface area contributed by atoms with Crippen molar-refractivity contribution in [3.8, 4) is 0 Å². The van der Waals surface area contributed by atoms with Crippen molar-refractivity contribution < 1.29 is 4.79 Å². The van der Waals surface area contributed by atoms with Crippen molar-refractivity contribution in [2.75, 3.05) is 12.8 Å². The number of amides is 1. The monoisotopic (exact) mass is 262 g/mol.